The van der Waals surface area contributed by atoms with Crippen molar-refractivity contribution in [2.45, 2.75) is 51.0 Å². The Labute approximate surface area is 140 Å². The summed E-state index contributed by atoms with van der Waals surface area (Å²) in [7, 11) is 0. The topological polar surface area (TPSA) is 24.5 Å². The fourth-order valence-electron chi connectivity index (χ4n) is 4.80. The predicted molar refractivity (Wildman–Crippen MR) is 95.2 cm³/mol. The van der Waals surface area contributed by atoms with E-state index in [9.17, 15) is 0 Å². The van der Waals surface area contributed by atoms with Gasteiger partial charge >= 0.3 is 0 Å². The summed E-state index contributed by atoms with van der Waals surface area (Å²) < 4.78 is 5.87. The van der Waals surface area contributed by atoms with Crippen LogP contribution >= 0.6 is 0 Å². The molecule has 1 aromatic carbocycles. The van der Waals surface area contributed by atoms with Crippen LogP contribution < -0.4 is 5.32 Å². The van der Waals surface area contributed by atoms with Crippen LogP contribution in [0.1, 0.15) is 43.7 Å². The summed E-state index contributed by atoms with van der Waals surface area (Å²) in [6, 6.07) is 6.91. The van der Waals surface area contributed by atoms with Crippen molar-refractivity contribution in [1.29, 1.82) is 0 Å². The Kier molecular flexibility index (Phi) is 4.10. The number of nitrogens with one attached hydrogen (secondary N) is 1. The number of likely N-dealkylation sites (tertiary alicyclic amines) is 1. The summed E-state index contributed by atoms with van der Waals surface area (Å²) >= 11 is 0. The molecule has 3 heterocycles. The van der Waals surface area contributed by atoms with E-state index >= 15 is 0 Å². The van der Waals surface area contributed by atoms with Crippen molar-refractivity contribution in [2.75, 3.05) is 38.1 Å². The number of fused-ring (bicyclic) bond motifs is 2. The van der Waals surface area contributed by atoms with Gasteiger partial charge in [0.2, 0.25) is 0 Å². The summed E-state index contributed by atoms with van der Waals surface area (Å²) in [4.78, 5) is 2.67. The summed E-state index contributed by atoms with van der Waals surface area (Å²) in [6.45, 7) is 10.3. The fraction of sp³-hybridized carbons (Fsp3) is 0.700. The molecule has 1 N–H and O–H groups in total. The molecule has 2 atom stereocenters. The van der Waals surface area contributed by atoms with Crippen molar-refractivity contribution in [2.24, 2.45) is 5.92 Å². The van der Waals surface area contributed by atoms with Crippen molar-refractivity contribution < 1.29 is 4.74 Å². The molecule has 3 aliphatic heterocycles. The minimum Gasteiger partial charge on any atom is -0.384 e. The molecule has 3 aliphatic rings. The average Bonchev–Trinajstić information content (AvgIpc) is 3.20. The van der Waals surface area contributed by atoms with Gasteiger partial charge in [0.25, 0.3) is 0 Å². The van der Waals surface area contributed by atoms with Gasteiger partial charge in [-0.3, -0.25) is 0 Å². The molecule has 0 aromatic heterocycles. The molecule has 2 fully saturated rings. The minimum atomic E-state index is 0.380. The number of rotatable bonds is 3. The number of piperidine rings is 1. The number of hydrogen-bond donors (Lipinski definition) is 1. The molecule has 1 aromatic rings. The Bertz CT molecular complexity index is 557. The maximum Gasteiger partial charge on any atom is 0.0613 e. The van der Waals surface area contributed by atoms with E-state index in [0.717, 1.165) is 13.2 Å². The molecular weight excluding hydrogens is 284 g/mol. The van der Waals surface area contributed by atoms with Gasteiger partial charge in [0.15, 0.2) is 0 Å². The molecule has 126 valence electrons. The van der Waals surface area contributed by atoms with Gasteiger partial charge in [0.1, 0.15) is 0 Å². The van der Waals surface area contributed by atoms with Gasteiger partial charge in [-0.2, -0.15) is 0 Å². The van der Waals surface area contributed by atoms with E-state index in [0.29, 0.717) is 17.4 Å². The van der Waals surface area contributed by atoms with Crippen molar-refractivity contribution in [3.63, 3.8) is 0 Å². The van der Waals surface area contributed by atoms with E-state index in [-0.39, 0.29) is 0 Å². The van der Waals surface area contributed by atoms with Gasteiger partial charge < -0.3 is 15.0 Å². The van der Waals surface area contributed by atoms with Crippen LogP contribution in [0, 0.1) is 12.8 Å². The largest absolute Gasteiger partial charge is 0.384 e. The highest BCUT2D eigenvalue weighted by atomic mass is 16.5. The Morgan fingerprint density at radius 2 is 2.17 bits per heavy atom. The van der Waals surface area contributed by atoms with Gasteiger partial charge in [-0.25, -0.2) is 0 Å². The van der Waals surface area contributed by atoms with E-state index < -0.39 is 0 Å². The average molecular weight is 314 g/mol. The van der Waals surface area contributed by atoms with Crippen molar-refractivity contribution in [3.8, 4) is 0 Å². The van der Waals surface area contributed by atoms with E-state index in [1.807, 2.05) is 0 Å². The van der Waals surface area contributed by atoms with Crippen LogP contribution in [0.15, 0.2) is 18.2 Å². The Hall–Kier alpha value is -1.06. The van der Waals surface area contributed by atoms with Gasteiger partial charge in [-0.1, -0.05) is 24.6 Å². The number of aryl methyl sites for hydroxylation is 1. The number of ether oxygens (including phenoxy) is 1. The maximum atomic E-state index is 5.87. The van der Waals surface area contributed by atoms with Gasteiger partial charge in [-0.05, 0) is 63.2 Å². The van der Waals surface area contributed by atoms with Crippen LogP contribution in [0.4, 0.5) is 5.69 Å². The Balaban J connectivity index is 1.39. The smallest absolute Gasteiger partial charge is 0.0613 e. The lowest BCUT2D eigenvalue weighted by atomic mass is 9.74. The standard InChI is InChI=1S/C20H30N2O/c1-15-5-6-18-17(12-15)20(14-21-18)7-9-22(10-8-20)13-16(2)19-4-3-11-23-19/h5-6,12,16,19,21H,3-4,7-11,13-14H2,1-2H3. The number of benzene rings is 1. The van der Waals surface area contributed by atoms with Crippen LogP contribution in [-0.2, 0) is 10.2 Å². The van der Waals surface area contributed by atoms with E-state index in [4.69, 9.17) is 4.74 Å². The molecule has 23 heavy (non-hydrogen) atoms. The fourth-order valence-corrected chi connectivity index (χ4v) is 4.80. The zero-order valence-electron chi connectivity index (χ0n) is 14.6. The lowest BCUT2D eigenvalue weighted by Gasteiger charge is -2.40. The van der Waals surface area contributed by atoms with Crippen molar-refractivity contribution in [1.82, 2.24) is 4.90 Å². The molecule has 0 radical (unpaired) electrons. The molecule has 0 aliphatic carbocycles. The van der Waals surface area contributed by atoms with Crippen molar-refractivity contribution in [3.05, 3.63) is 29.3 Å². The minimum absolute atomic E-state index is 0.380. The zero-order valence-corrected chi connectivity index (χ0v) is 14.6. The van der Waals surface area contributed by atoms with E-state index in [2.05, 4.69) is 42.3 Å². The lowest BCUT2D eigenvalue weighted by molar-refractivity contribution is 0.0445. The molecule has 4 rings (SSSR count). The third kappa shape index (κ3) is 2.89. The maximum absolute atomic E-state index is 5.87. The summed E-state index contributed by atoms with van der Waals surface area (Å²) in [5.41, 5.74) is 4.72. The molecule has 1 spiro atoms. The first kappa shape index (κ1) is 15.5. The van der Waals surface area contributed by atoms with Gasteiger partial charge in [0.05, 0.1) is 6.10 Å². The Morgan fingerprint density at radius 1 is 1.35 bits per heavy atom. The van der Waals surface area contributed by atoms with Gasteiger partial charge in [-0.15, -0.1) is 0 Å². The molecule has 2 saturated heterocycles. The first-order valence-corrected chi connectivity index (χ1v) is 9.35. The Morgan fingerprint density at radius 3 is 2.91 bits per heavy atom. The molecular formula is C20H30N2O. The van der Waals surface area contributed by atoms with Crippen LogP contribution in [0.25, 0.3) is 0 Å². The first-order chi connectivity index (χ1) is 11.2. The predicted octanol–water partition coefficient (Wildman–Crippen LogP) is 3.57. The summed E-state index contributed by atoms with van der Waals surface area (Å²) in [6.07, 6.45) is 5.58. The second kappa shape index (κ2) is 6.10. The molecule has 3 heteroatoms. The zero-order chi connectivity index (χ0) is 15.9. The summed E-state index contributed by atoms with van der Waals surface area (Å²) in [5.74, 6) is 0.669. The molecule has 0 bridgehead atoms. The number of hydrogen-bond acceptors (Lipinski definition) is 3. The monoisotopic (exact) mass is 314 g/mol. The SMILES string of the molecule is Cc1ccc2c(c1)C1(CCN(CC(C)C3CCCO3)CC1)CN2. The van der Waals surface area contributed by atoms with E-state index in [1.54, 1.807) is 5.56 Å². The van der Waals surface area contributed by atoms with Crippen LogP contribution in [-0.4, -0.2) is 43.8 Å². The number of anilines is 1. The van der Waals surface area contributed by atoms with Crippen LogP contribution in [0.2, 0.25) is 0 Å². The molecule has 3 nitrogen and oxygen atoms in total. The highest BCUT2D eigenvalue weighted by molar-refractivity contribution is 5.61. The second-order valence-electron chi connectivity index (χ2n) is 8.01. The van der Waals surface area contributed by atoms with Crippen molar-refractivity contribution >= 4 is 5.69 Å². The molecule has 0 amide bonds. The van der Waals surface area contributed by atoms with E-state index in [1.165, 1.54) is 56.6 Å². The second-order valence-corrected chi connectivity index (χ2v) is 8.01. The van der Waals surface area contributed by atoms with Crippen LogP contribution in [0.3, 0.4) is 0 Å². The van der Waals surface area contributed by atoms with Crippen LogP contribution in [0.5, 0.6) is 0 Å². The van der Waals surface area contributed by atoms with Gasteiger partial charge in [0, 0.05) is 30.8 Å². The third-order valence-corrected chi connectivity index (χ3v) is 6.32. The highest BCUT2D eigenvalue weighted by Crippen LogP contribution is 2.44. The summed E-state index contributed by atoms with van der Waals surface area (Å²) in [5, 5.41) is 3.65. The first-order valence-electron chi connectivity index (χ1n) is 9.35. The number of nitrogens with zero attached hydrogens (tertiary/aromatic N) is 1. The lowest BCUT2D eigenvalue weighted by Crippen LogP contribution is -2.46. The third-order valence-electron chi connectivity index (χ3n) is 6.32. The quantitative estimate of drug-likeness (QED) is 0.923. The molecule has 0 saturated carbocycles. The normalized spacial score (nSPS) is 27.8. The molecule has 2 unspecified atom stereocenters. The highest BCUT2D eigenvalue weighted by Gasteiger charge is 2.41.